The summed E-state index contributed by atoms with van der Waals surface area (Å²) in [5.41, 5.74) is 0. The fourth-order valence-corrected chi connectivity index (χ4v) is 3.41. The second-order valence-corrected chi connectivity index (χ2v) is 5.72. The van der Waals surface area contributed by atoms with Crippen LogP contribution >= 0.6 is 34.5 Å². The number of halogens is 2. The molecule has 0 aliphatic carbocycles. The molecule has 1 atom stereocenters. The maximum Gasteiger partial charge on any atom is 0.187 e. The van der Waals surface area contributed by atoms with Crippen LogP contribution in [0.25, 0.3) is 0 Å². The molecule has 1 aromatic heterocycles. The molecule has 1 fully saturated rings. The number of rotatable bonds is 2. The van der Waals surface area contributed by atoms with Gasteiger partial charge in [-0.1, -0.05) is 29.9 Å². The van der Waals surface area contributed by atoms with Gasteiger partial charge < -0.3 is 4.90 Å². The molecule has 1 saturated heterocycles. The average molecular weight is 265 g/mol. The van der Waals surface area contributed by atoms with E-state index in [1.165, 1.54) is 12.8 Å². The second kappa shape index (κ2) is 4.89. The first-order valence-corrected chi connectivity index (χ1v) is 6.89. The minimum absolute atomic E-state index is 0.458. The van der Waals surface area contributed by atoms with E-state index >= 15 is 0 Å². The van der Waals surface area contributed by atoms with Gasteiger partial charge in [0.25, 0.3) is 0 Å². The normalized spacial score (nSPS) is 22.1. The number of aromatic nitrogens is 1. The minimum Gasteiger partial charge on any atom is -0.348 e. The van der Waals surface area contributed by atoms with Crippen molar-refractivity contribution in [3.63, 3.8) is 0 Å². The van der Waals surface area contributed by atoms with Crippen molar-refractivity contribution in [2.24, 2.45) is 5.92 Å². The third-order valence-corrected chi connectivity index (χ3v) is 4.65. The molecule has 0 N–H and O–H groups in total. The van der Waals surface area contributed by atoms with Gasteiger partial charge >= 0.3 is 0 Å². The number of anilines is 1. The molecule has 5 heteroatoms. The molecule has 1 aliphatic rings. The number of alkyl halides is 1. The van der Waals surface area contributed by atoms with Crippen LogP contribution in [-0.4, -0.2) is 18.1 Å². The van der Waals surface area contributed by atoms with Crippen molar-refractivity contribution >= 4 is 39.7 Å². The smallest absolute Gasteiger partial charge is 0.187 e. The molecule has 1 unspecified atom stereocenters. The molecule has 0 radical (unpaired) electrons. The van der Waals surface area contributed by atoms with Crippen LogP contribution in [0.4, 0.5) is 5.13 Å². The maximum atomic E-state index is 5.99. The molecule has 0 aromatic carbocycles. The summed E-state index contributed by atoms with van der Waals surface area (Å²) >= 11 is 13.4. The van der Waals surface area contributed by atoms with Gasteiger partial charge in [-0.15, -0.1) is 11.6 Å². The van der Waals surface area contributed by atoms with E-state index in [1.807, 2.05) is 0 Å². The molecule has 15 heavy (non-hydrogen) atoms. The highest BCUT2D eigenvalue weighted by atomic mass is 35.5. The Labute approximate surface area is 104 Å². The zero-order valence-corrected chi connectivity index (χ0v) is 11.0. The molecule has 1 aliphatic heterocycles. The first-order chi connectivity index (χ1) is 7.20. The molecular weight excluding hydrogens is 251 g/mol. The first kappa shape index (κ1) is 11.5. The highest BCUT2D eigenvalue weighted by molar-refractivity contribution is 7.16. The Bertz CT molecular complexity index is 340. The molecule has 0 saturated carbocycles. The summed E-state index contributed by atoms with van der Waals surface area (Å²) in [4.78, 5) is 7.66. The summed E-state index contributed by atoms with van der Waals surface area (Å²) in [6, 6.07) is 0. The van der Waals surface area contributed by atoms with E-state index in [-0.39, 0.29) is 0 Å². The van der Waals surface area contributed by atoms with Gasteiger partial charge in [-0.25, -0.2) is 4.98 Å². The lowest BCUT2D eigenvalue weighted by Gasteiger charge is -2.30. The van der Waals surface area contributed by atoms with E-state index in [2.05, 4.69) is 16.8 Å². The number of piperidine rings is 1. The quantitative estimate of drug-likeness (QED) is 0.757. The number of nitrogens with zero attached hydrogens (tertiary/aromatic N) is 2. The summed E-state index contributed by atoms with van der Waals surface area (Å²) in [6.07, 6.45) is 2.56. The van der Waals surface area contributed by atoms with Gasteiger partial charge in [-0.2, -0.15) is 0 Å². The summed E-state index contributed by atoms with van der Waals surface area (Å²) in [6.45, 7) is 4.46. The number of hydrogen-bond acceptors (Lipinski definition) is 3. The summed E-state index contributed by atoms with van der Waals surface area (Å²) in [5, 5.41) is 1.60. The lowest BCUT2D eigenvalue weighted by Crippen LogP contribution is -2.34. The van der Waals surface area contributed by atoms with Crippen molar-refractivity contribution in [3.8, 4) is 0 Å². The largest absolute Gasteiger partial charge is 0.348 e. The number of thiazole rings is 1. The highest BCUT2D eigenvalue weighted by Gasteiger charge is 2.20. The molecule has 0 bridgehead atoms. The van der Waals surface area contributed by atoms with Crippen molar-refractivity contribution in [3.05, 3.63) is 10.0 Å². The minimum atomic E-state index is 0.458. The zero-order chi connectivity index (χ0) is 10.8. The fraction of sp³-hybridized carbons (Fsp3) is 0.700. The summed E-state index contributed by atoms with van der Waals surface area (Å²) < 4.78 is 0. The lowest BCUT2D eigenvalue weighted by atomic mass is 10.0. The standard InChI is InChI=1S/C10H14Cl2N2S/c1-7-3-2-4-14(6-7)10-13-9(12)8(5-11)15-10/h7H,2-6H2,1H3. The Hall–Kier alpha value is 0.01000. The third kappa shape index (κ3) is 2.58. The highest BCUT2D eigenvalue weighted by Crippen LogP contribution is 2.32. The SMILES string of the molecule is CC1CCCN(c2nc(Cl)c(CCl)s2)C1. The predicted octanol–water partition coefficient (Wildman–Crippen LogP) is 3.77. The summed E-state index contributed by atoms with van der Waals surface area (Å²) in [7, 11) is 0. The van der Waals surface area contributed by atoms with E-state index in [0.29, 0.717) is 11.0 Å². The van der Waals surface area contributed by atoms with Crippen molar-refractivity contribution < 1.29 is 0 Å². The van der Waals surface area contributed by atoms with E-state index in [4.69, 9.17) is 23.2 Å². The average Bonchev–Trinajstić information content (AvgIpc) is 2.60. The predicted molar refractivity (Wildman–Crippen MR) is 67.3 cm³/mol. The van der Waals surface area contributed by atoms with Gasteiger partial charge in [-0.05, 0) is 18.8 Å². The van der Waals surface area contributed by atoms with Crippen LogP contribution in [0.1, 0.15) is 24.6 Å². The molecule has 84 valence electrons. The van der Waals surface area contributed by atoms with Crippen molar-refractivity contribution in [1.29, 1.82) is 0 Å². The Balaban J connectivity index is 2.14. The Morgan fingerprint density at radius 2 is 2.40 bits per heavy atom. The summed E-state index contributed by atoms with van der Waals surface area (Å²) in [5.74, 6) is 1.21. The topological polar surface area (TPSA) is 16.1 Å². The van der Waals surface area contributed by atoms with Crippen molar-refractivity contribution in [2.75, 3.05) is 18.0 Å². The third-order valence-electron chi connectivity index (χ3n) is 2.69. The molecule has 0 spiro atoms. The van der Waals surface area contributed by atoms with Crippen molar-refractivity contribution in [1.82, 2.24) is 4.98 Å². The number of hydrogen-bond donors (Lipinski definition) is 0. The van der Waals surface area contributed by atoms with Crippen LogP contribution in [0.3, 0.4) is 0 Å². The molecular formula is C10H14Cl2N2S. The van der Waals surface area contributed by atoms with Crippen LogP contribution < -0.4 is 4.90 Å². The monoisotopic (exact) mass is 264 g/mol. The molecule has 2 heterocycles. The van der Waals surface area contributed by atoms with Gasteiger partial charge in [0.1, 0.15) is 5.15 Å². The van der Waals surface area contributed by atoms with Crippen LogP contribution in [-0.2, 0) is 5.88 Å². The van der Waals surface area contributed by atoms with Crippen LogP contribution in [0.2, 0.25) is 5.15 Å². The Morgan fingerprint density at radius 3 is 3.00 bits per heavy atom. The molecule has 2 nitrogen and oxygen atoms in total. The van der Waals surface area contributed by atoms with E-state index in [9.17, 15) is 0 Å². The van der Waals surface area contributed by atoms with Gasteiger partial charge in [-0.3, -0.25) is 0 Å². The lowest BCUT2D eigenvalue weighted by molar-refractivity contribution is 0.446. The van der Waals surface area contributed by atoms with Gasteiger partial charge in [0.15, 0.2) is 5.13 Å². The van der Waals surface area contributed by atoms with Crippen LogP contribution in [0, 0.1) is 5.92 Å². The van der Waals surface area contributed by atoms with Gasteiger partial charge in [0, 0.05) is 13.1 Å². The van der Waals surface area contributed by atoms with Crippen molar-refractivity contribution in [2.45, 2.75) is 25.6 Å². The Morgan fingerprint density at radius 1 is 1.60 bits per heavy atom. The van der Waals surface area contributed by atoms with Gasteiger partial charge in [0.05, 0.1) is 10.8 Å². The maximum absolute atomic E-state index is 5.99. The van der Waals surface area contributed by atoms with Crippen LogP contribution in [0.15, 0.2) is 0 Å². The van der Waals surface area contributed by atoms with E-state index in [1.54, 1.807) is 11.3 Å². The van der Waals surface area contributed by atoms with Crippen LogP contribution in [0.5, 0.6) is 0 Å². The molecule has 1 aromatic rings. The van der Waals surface area contributed by atoms with E-state index in [0.717, 1.165) is 29.0 Å². The Kier molecular flexibility index (Phi) is 3.75. The van der Waals surface area contributed by atoms with E-state index < -0.39 is 0 Å². The molecule has 2 rings (SSSR count). The fourth-order valence-electron chi connectivity index (χ4n) is 1.90. The molecule has 0 amide bonds. The zero-order valence-electron chi connectivity index (χ0n) is 8.67. The second-order valence-electron chi connectivity index (χ2n) is 4.04. The first-order valence-electron chi connectivity index (χ1n) is 5.17. The van der Waals surface area contributed by atoms with Gasteiger partial charge in [0.2, 0.25) is 0 Å².